The van der Waals surface area contributed by atoms with Gasteiger partial charge in [0.25, 0.3) is 0 Å². The highest BCUT2D eigenvalue weighted by Gasteiger charge is 2.19. The highest BCUT2D eigenvalue weighted by molar-refractivity contribution is 6.39. The van der Waals surface area contributed by atoms with E-state index in [4.69, 9.17) is 23.7 Å². The van der Waals surface area contributed by atoms with E-state index in [1.165, 1.54) is 12.1 Å². The third-order valence-corrected chi connectivity index (χ3v) is 7.76. The number of ether oxygens (including phenoxy) is 5. The number of aromatic nitrogens is 1. The molecular formula is C35H39FN4O7. The van der Waals surface area contributed by atoms with Gasteiger partial charge in [-0.2, -0.15) is 0 Å². The van der Waals surface area contributed by atoms with Crippen LogP contribution in [0.2, 0.25) is 0 Å². The van der Waals surface area contributed by atoms with Gasteiger partial charge < -0.3 is 39.6 Å². The number of methoxy groups -OCH3 is 2. The summed E-state index contributed by atoms with van der Waals surface area (Å²) in [7, 11) is 3.12. The summed E-state index contributed by atoms with van der Waals surface area (Å²) in [5.74, 6) is 0.555. The lowest BCUT2D eigenvalue weighted by molar-refractivity contribution is -0.136. The fourth-order valence-electron chi connectivity index (χ4n) is 5.26. The lowest BCUT2D eigenvalue weighted by Crippen LogP contribution is -2.36. The normalized spacial score (nSPS) is 13.1. The molecule has 0 atom stereocenters. The fourth-order valence-corrected chi connectivity index (χ4v) is 5.26. The number of rotatable bonds is 13. The van der Waals surface area contributed by atoms with Crippen LogP contribution in [-0.4, -0.2) is 63.9 Å². The Morgan fingerprint density at radius 2 is 1.64 bits per heavy atom. The number of halogens is 1. The van der Waals surface area contributed by atoms with Crippen molar-refractivity contribution in [1.82, 2.24) is 15.6 Å². The Hall–Kier alpha value is -5.10. The standard InChI is InChI=1S/C35H39FN4O7/c1-4-45-32-17-22(5-7-30(32)43-2)11-15-39-34(41)35(42)40-24-6-8-29(26(36)18-24)47-28-12-16-38-27-20-33(31(44-3)19-25(27)28)46-21-23-9-13-37-14-10-23/h5-8,12,16-20,23,37H,4,9-11,13-15,21H2,1-3H3,(H,39,41)(H,40,42). The van der Waals surface area contributed by atoms with Crippen molar-refractivity contribution in [3.05, 3.63) is 72.2 Å². The molecule has 0 bridgehead atoms. The molecule has 3 aromatic carbocycles. The Bertz CT molecular complexity index is 1710. The molecule has 12 heteroatoms. The first-order valence-electron chi connectivity index (χ1n) is 15.5. The van der Waals surface area contributed by atoms with Crippen molar-refractivity contribution in [2.24, 2.45) is 5.92 Å². The van der Waals surface area contributed by atoms with E-state index in [1.807, 2.05) is 19.1 Å². The molecule has 1 aliphatic heterocycles. The molecule has 0 spiro atoms. The van der Waals surface area contributed by atoms with Gasteiger partial charge in [-0.15, -0.1) is 0 Å². The first kappa shape index (κ1) is 33.3. The monoisotopic (exact) mass is 646 g/mol. The van der Waals surface area contributed by atoms with Gasteiger partial charge in [-0.1, -0.05) is 6.07 Å². The van der Waals surface area contributed by atoms with Crippen LogP contribution in [0.25, 0.3) is 10.9 Å². The number of benzene rings is 3. The number of piperidine rings is 1. The van der Waals surface area contributed by atoms with E-state index in [1.54, 1.807) is 44.7 Å². The van der Waals surface area contributed by atoms with Gasteiger partial charge in [-0.25, -0.2) is 4.39 Å². The van der Waals surface area contributed by atoms with Crippen molar-refractivity contribution in [2.45, 2.75) is 26.2 Å². The van der Waals surface area contributed by atoms with E-state index in [9.17, 15) is 9.59 Å². The Labute approximate surface area is 272 Å². The molecule has 2 amide bonds. The van der Waals surface area contributed by atoms with E-state index in [-0.39, 0.29) is 18.0 Å². The van der Waals surface area contributed by atoms with Gasteiger partial charge >= 0.3 is 11.8 Å². The molecule has 47 heavy (non-hydrogen) atoms. The van der Waals surface area contributed by atoms with Gasteiger partial charge in [-0.05, 0) is 87.2 Å². The number of anilines is 1. The van der Waals surface area contributed by atoms with E-state index in [2.05, 4.69) is 20.9 Å². The Morgan fingerprint density at radius 1 is 0.872 bits per heavy atom. The topological polar surface area (TPSA) is 129 Å². The highest BCUT2D eigenvalue weighted by Crippen LogP contribution is 2.38. The number of nitrogens with zero attached hydrogens (tertiary/aromatic N) is 1. The molecular weight excluding hydrogens is 607 g/mol. The van der Waals surface area contributed by atoms with E-state index < -0.39 is 17.6 Å². The molecule has 0 unspecified atom stereocenters. The van der Waals surface area contributed by atoms with Gasteiger partial charge in [0.1, 0.15) is 5.75 Å². The maximum atomic E-state index is 15.1. The zero-order valence-electron chi connectivity index (χ0n) is 26.7. The number of carbonyl (C=O) groups is 2. The van der Waals surface area contributed by atoms with Crippen LogP contribution in [0.1, 0.15) is 25.3 Å². The van der Waals surface area contributed by atoms with Crippen molar-refractivity contribution < 1.29 is 37.7 Å². The van der Waals surface area contributed by atoms with Gasteiger partial charge in [0.15, 0.2) is 34.6 Å². The van der Waals surface area contributed by atoms with Crippen LogP contribution < -0.4 is 39.6 Å². The van der Waals surface area contributed by atoms with Crippen LogP contribution in [0.15, 0.2) is 60.8 Å². The van der Waals surface area contributed by atoms with Crippen LogP contribution in [0.5, 0.6) is 34.5 Å². The highest BCUT2D eigenvalue weighted by atomic mass is 19.1. The molecule has 248 valence electrons. The zero-order chi connectivity index (χ0) is 33.2. The van der Waals surface area contributed by atoms with Crippen LogP contribution in [0.3, 0.4) is 0 Å². The quantitative estimate of drug-likeness (QED) is 0.167. The second kappa shape index (κ2) is 15.9. The number of hydrogen-bond acceptors (Lipinski definition) is 9. The van der Waals surface area contributed by atoms with Gasteiger partial charge in [0, 0.05) is 35.9 Å². The number of carbonyl (C=O) groups excluding carboxylic acids is 2. The van der Waals surface area contributed by atoms with E-state index in [0.717, 1.165) is 37.6 Å². The van der Waals surface area contributed by atoms with Crippen molar-refractivity contribution >= 4 is 28.4 Å². The SMILES string of the molecule is CCOc1cc(CCNC(=O)C(=O)Nc2ccc(Oc3ccnc4cc(OCC5CCNCC5)c(OC)cc34)c(F)c2)ccc1OC. The van der Waals surface area contributed by atoms with Gasteiger partial charge in [-0.3, -0.25) is 14.6 Å². The van der Waals surface area contributed by atoms with Crippen LogP contribution >= 0.6 is 0 Å². The Balaban J connectivity index is 1.18. The summed E-state index contributed by atoms with van der Waals surface area (Å²) in [5.41, 5.74) is 1.60. The van der Waals surface area contributed by atoms with Crippen molar-refractivity contribution in [3.63, 3.8) is 0 Å². The van der Waals surface area contributed by atoms with Crippen molar-refractivity contribution in [1.29, 1.82) is 0 Å². The van der Waals surface area contributed by atoms with Crippen LogP contribution in [-0.2, 0) is 16.0 Å². The van der Waals surface area contributed by atoms with E-state index >= 15 is 4.39 Å². The number of hydrogen-bond donors (Lipinski definition) is 3. The summed E-state index contributed by atoms with van der Waals surface area (Å²) >= 11 is 0. The summed E-state index contributed by atoms with van der Waals surface area (Å²) in [4.78, 5) is 29.3. The van der Waals surface area contributed by atoms with Crippen molar-refractivity contribution in [3.8, 4) is 34.5 Å². The molecule has 0 radical (unpaired) electrons. The number of pyridine rings is 1. The molecule has 1 aromatic heterocycles. The molecule has 0 aliphatic carbocycles. The first-order chi connectivity index (χ1) is 22.9. The molecule has 1 aliphatic rings. The smallest absolute Gasteiger partial charge is 0.313 e. The minimum absolute atomic E-state index is 0.0731. The summed E-state index contributed by atoms with van der Waals surface area (Å²) in [5, 5.41) is 8.96. The number of amides is 2. The molecule has 3 N–H and O–H groups in total. The van der Waals surface area contributed by atoms with Crippen LogP contribution in [0.4, 0.5) is 10.1 Å². The second-order valence-corrected chi connectivity index (χ2v) is 11.0. The number of fused-ring (bicyclic) bond motifs is 1. The summed E-state index contributed by atoms with van der Waals surface area (Å²) < 4.78 is 43.6. The maximum Gasteiger partial charge on any atom is 0.313 e. The minimum atomic E-state index is -0.923. The first-order valence-corrected chi connectivity index (χ1v) is 15.5. The lowest BCUT2D eigenvalue weighted by atomic mass is 9.99. The van der Waals surface area contributed by atoms with Gasteiger partial charge in [0.05, 0.1) is 33.0 Å². The predicted molar refractivity (Wildman–Crippen MR) is 175 cm³/mol. The fraction of sp³-hybridized carbons (Fsp3) is 0.343. The van der Waals surface area contributed by atoms with Crippen molar-refractivity contribution in [2.75, 3.05) is 52.4 Å². The average molecular weight is 647 g/mol. The third-order valence-electron chi connectivity index (χ3n) is 7.76. The second-order valence-electron chi connectivity index (χ2n) is 11.0. The summed E-state index contributed by atoms with van der Waals surface area (Å²) in [6, 6.07) is 14.6. The molecule has 1 saturated heterocycles. The Kier molecular flexibility index (Phi) is 11.3. The predicted octanol–water partition coefficient (Wildman–Crippen LogP) is 5.26. The molecule has 2 heterocycles. The largest absolute Gasteiger partial charge is 0.493 e. The van der Waals surface area contributed by atoms with E-state index in [0.29, 0.717) is 65.2 Å². The lowest BCUT2D eigenvalue weighted by Gasteiger charge is -2.23. The third kappa shape index (κ3) is 8.59. The maximum absolute atomic E-state index is 15.1. The average Bonchev–Trinajstić information content (AvgIpc) is 3.09. The molecule has 4 aromatic rings. The molecule has 1 fully saturated rings. The molecule has 11 nitrogen and oxygen atoms in total. The summed E-state index contributed by atoms with van der Waals surface area (Å²) in [6.07, 6.45) is 4.13. The Morgan fingerprint density at radius 3 is 2.38 bits per heavy atom. The van der Waals surface area contributed by atoms with Crippen LogP contribution in [0, 0.1) is 11.7 Å². The number of nitrogens with one attached hydrogen (secondary N) is 3. The molecule has 5 rings (SSSR count). The summed E-state index contributed by atoms with van der Waals surface area (Å²) in [6.45, 7) is 5.10. The zero-order valence-corrected chi connectivity index (χ0v) is 26.7. The molecule has 0 saturated carbocycles. The van der Waals surface area contributed by atoms with Gasteiger partial charge in [0.2, 0.25) is 0 Å². The minimum Gasteiger partial charge on any atom is -0.493 e.